The molecule has 0 radical (unpaired) electrons. The Bertz CT molecular complexity index is 587. The van der Waals surface area contributed by atoms with Gasteiger partial charge < -0.3 is 9.84 Å². The molecule has 0 bridgehead atoms. The van der Waals surface area contributed by atoms with Crippen molar-refractivity contribution in [3.8, 4) is 11.5 Å². The molecule has 0 saturated carbocycles. The molecule has 3 rings (SSSR count). The lowest BCUT2D eigenvalue weighted by molar-refractivity contribution is 0.216. The Morgan fingerprint density at radius 2 is 2.15 bits per heavy atom. The van der Waals surface area contributed by atoms with Gasteiger partial charge in [-0.2, -0.15) is 4.98 Å². The van der Waals surface area contributed by atoms with Crippen molar-refractivity contribution >= 4 is 0 Å². The van der Waals surface area contributed by atoms with E-state index < -0.39 is 0 Å². The fraction of sp³-hybridized carbons (Fsp3) is 0.533. The van der Waals surface area contributed by atoms with Crippen molar-refractivity contribution in [1.82, 2.24) is 20.4 Å². The molecule has 0 atom stereocenters. The summed E-state index contributed by atoms with van der Waals surface area (Å²) in [5, 5.41) is 7.51. The lowest BCUT2D eigenvalue weighted by Crippen LogP contribution is -2.39. The van der Waals surface area contributed by atoms with Gasteiger partial charge in [0, 0.05) is 6.20 Å². The molecule has 3 heterocycles. The first-order valence-corrected chi connectivity index (χ1v) is 7.21. The first-order chi connectivity index (χ1) is 9.73. The van der Waals surface area contributed by atoms with Crippen LogP contribution in [0.4, 0.5) is 0 Å². The van der Waals surface area contributed by atoms with E-state index in [4.69, 9.17) is 4.52 Å². The van der Waals surface area contributed by atoms with Crippen LogP contribution in [0.25, 0.3) is 11.5 Å². The normalized spacial score (nSPS) is 18.1. The molecule has 106 valence electrons. The maximum atomic E-state index is 5.56. The van der Waals surface area contributed by atoms with Gasteiger partial charge in [-0.3, -0.25) is 4.98 Å². The number of aromatic nitrogens is 3. The van der Waals surface area contributed by atoms with E-state index >= 15 is 0 Å². The highest BCUT2D eigenvalue weighted by atomic mass is 16.5. The molecule has 2 aromatic rings. The maximum absolute atomic E-state index is 5.56. The van der Waals surface area contributed by atoms with E-state index in [9.17, 15) is 0 Å². The molecule has 0 amide bonds. The second kappa shape index (κ2) is 5.32. The molecule has 1 saturated heterocycles. The third-order valence-corrected chi connectivity index (χ3v) is 4.26. The van der Waals surface area contributed by atoms with Crippen LogP contribution in [0.1, 0.15) is 37.6 Å². The Balaban J connectivity index is 1.93. The molecule has 5 heteroatoms. The SMILES string of the molecule is CCC1(c2nc(-c3cc(C)ccn3)no2)CCNCC1. The second-order valence-corrected chi connectivity index (χ2v) is 5.53. The summed E-state index contributed by atoms with van der Waals surface area (Å²) in [4.78, 5) is 8.94. The number of piperidine rings is 1. The molecule has 0 spiro atoms. The number of nitrogens with one attached hydrogen (secondary N) is 1. The van der Waals surface area contributed by atoms with Gasteiger partial charge in [0.05, 0.1) is 5.41 Å². The van der Waals surface area contributed by atoms with Crippen molar-refractivity contribution in [1.29, 1.82) is 0 Å². The van der Waals surface area contributed by atoms with Gasteiger partial charge in [-0.15, -0.1) is 0 Å². The van der Waals surface area contributed by atoms with Crippen molar-refractivity contribution in [3.05, 3.63) is 29.8 Å². The van der Waals surface area contributed by atoms with Crippen LogP contribution in [0.15, 0.2) is 22.9 Å². The molecule has 5 nitrogen and oxygen atoms in total. The number of rotatable bonds is 3. The van der Waals surface area contributed by atoms with Gasteiger partial charge in [-0.1, -0.05) is 12.1 Å². The molecule has 1 fully saturated rings. The minimum atomic E-state index is 0.0281. The summed E-state index contributed by atoms with van der Waals surface area (Å²) in [5.74, 6) is 1.36. The number of pyridine rings is 1. The minimum absolute atomic E-state index is 0.0281. The number of nitrogens with zero attached hydrogens (tertiary/aromatic N) is 3. The van der Waals surface area contributed by atoms with Crippen LogP contribution in [0.2, 0.25) is 0 Å². The van der Waals surface area contributed by atoms with Gasteiger partial charge in [-0.25, -0.2) is 0 Å². The fourth-order valence-electron chi connectivity index (χ4n) is 2.83. The topological polar surface area (TPSA) is 63.8 Å². The van der Waals surface area contributed by atoms with Crippen molar-refractivity contribution < 1.29 is 4.52 Å². The highest BCUT2D eigenvalue weighted by molar-refractivity contribution is 5.49. The Morgan fingerprint density at radius 1 is 1.35 bits per heavy atom. The summed E-state index contributed by atoms with van der Waals surface area (Å²) < 4.78 is 5.56. The largest absolute Gasteiger partial charge is 0.338 e. The first kappa shape index (κ1) is 13.2. The van der Waals surface area contributed by atoms with Gasteiger partial charge in [0.15, 0.2) is 0 Å². The van der Waals surface area contributed by atoms with Crippen LogP contribution in [0.5, 0.6) is 0 Å². The Hall–Kier alpha value is -1.75. The lowest BCUT2D eigenvalue weighted by Gasteiger charge is -2.33. The molecule has 0 aromatic carbocycles. The summed E-state index contributed by atoms with van der Waals surface area (Å²) >= 11 is 0. The zero-order valence-corrected chi connectivity index (χ0v) is 12.0. The van der Waals surface area contributed by atoms with E-state index in [0.717, 1.165) is 49.5 Å². The zero-order valence-electron chi connectivity index (χ0n) is 12.0. The molecule has 2 aromatic heterocycles. The van der Waals surface area contributed by atoms with Crippen molar-refractivity contribution in [3.63, 3.8) is 0 Å². The van der Waals surface area contributed by atoms with E-state index in [0.29, 0.717) is 5.82 Å². The van der Waals surface area contributed by atoms with E-state index in [-0.39, 0.29) is 5.41 Å². The predicted molar refractivity (Wildman–Crippen MR) is 76.3 cm³/mol. The molecule has 1 aliphatic heterocycles. The highest BCUT2D eigenvalue weighted by Gasteiger charge is 2.37. The Morgan fingerprint density at radius 3 is 2.85 bits per heavy atom. The standard InChI is InChI=1S/C15H20N4O/c1-3-15(5-8-16-9-6-15)14-18-13(19-20-14)12-10-11(2)4-7-17-12/h4,7,10,16H,3,5-6,8-9H2,1-2H3. The highest BCUT2D eigenvalue weighted by Crippen LogP contribution is 2.36. The molecule has 0 aliphatic carbocycles. The maximum Gasteiger partial charge on any atom is 0.233 e. The molecular weight excluding hydrogens is 252 g/mol. The quantitative estimate of drug-likeness (QED) is 0.930. The summed E-state index contributed by atoms with van der Waals surface area (Å²) in [6.07, 6.45) is 4.90. The predicted octanol–water partition coefficient (Wildman–Crippen LogP) is 2.47. The zero-order chi connectivity index (χ0) is 14.0. The van der Waals surface area contributed by atoms with Gasteiger partial charge in [-0.05, 0) is 57.0 Å². The fourth-order valence-corrected chi connectivity index (χ4v) is 2.83. The first-order valence-electron chi connectivity index (χ1n) is 7.21. The van der Waals surface area contributed by atoms with Crippen LogP contribution in [-0.4, -0.2) is 28.2 Å². The molecular formula is C15H20N4O. The van der Waals surface area contributed by atoms with E-state index in [2.05, 4.69) is 27.4 Å². The number of hydrogen-bond acceptors (Lipinski definition) is 5. The Kier molecular flexibility index (Phi) is 3.53. The second-order valence-electron chi connectivity index (χ2n) is 5.53. The van der Waals surface area contributed by atoms with Gasteiger partial charge in [0.1, 0.15) is 5.69 Å². The van der Waals surface area contributed by atoms with E-state index in [1.165, 1.54) is 0 Å². The summed E-state index contributed by atoms with van der Waals surface area (Å²) in [6, 6.07) is 3.94. The van der Waals surface area contributed by atoms with Crippen molar-refractivity contribution in [2.45, 2.75) is 38.5 Å². The van der Waals surface area contributed by atoms with Crippen LogP contribution in [0.3, 0.4) is 0 Å². The minimum Gasteiger partial charge on any atom is -0.338 e. The lowest BCUT2D eigenvalue weighted by atomic mass is 9.76. The molecule has 1 aliphatic rings. The summed E-state index contributed by atoms with van der Waals surface area (Å²) in [5.41, 5.74) is 1.95. The van der Waals surface area contributed by atoms with Crippen LogP contribution in [0, 0.1) is 6.92 Å². The average Bonchev–Trinajstić information content (AvgIpc) is 2.98. The third-order valence-electron chi connectivity index (χ3n) is 4.26. The molecule has 1 N–H and O–H groups in total. The van der Waals surface area contributed by atoms with Crippen molar-refractivity contribution in [2.24, 2.45) is 0 Å². The van der Waals surface area contributed by atoms with Crippen LogP contribution < -0.4 is 5.32 Å². The number of aryl methyl sites for hydroxylation is 1. The van der Waals surface area contributed by atoms with Gasteiger partial charge >= 0.3 is 0 Å². The Labute approximate surface area is 118 Å². The van der Waals surface area contributed by atoms with Gasteiger partial charge in [0.2, 0.25) is 11.7 Å². The van der Waals surface area contributed by atoms with Gasteiger partial charge in [0.25, 0.3) is 0 Å². The summed E-state index contributed by atoms with van der Waals surface area (Å²) in [6.45, 7) is 6.25. The van der Waals surface area contributed by atoms with Crippen LogP contribution >= 0.6 is 0 Å². The third kappa shape index (κ3) is 2.33. The average molecular weight is 272 g/mol. The monoisotopic (exact) mass is 272 g/mol. The molecule has 0 unspecified atom stereocenters. The number of hydrogen-bond donors (Lipinski definition) is 1. The molecule has 20 heavy (non-hydrogen) atoms. The van der Waals surface area contributed by atoms with E-state index in [1.807, 2.05) is 19.1 Å². The van der Waals surface area contributed by atoms with Crippen LogP contribution in [-0.2, 0) is 5.41 Å². The van der Waals surface area contributed by atoms with Crippen molar-refractivity contribution in [2.75, 3.05) is 13.1 Å². The smallest absolute Gasteiger partial charge is 0.233 e. The van der Waals surface area contributed by atoms with E-state index in [1.54, 1.807) is 6.20 Å². The summed E-state index contributed by atoms with van der Waals surface area (Å²) in [7, 11) is 0.